The van der Waals surface area contributed by atoms with Crippen LogP contribution in [0.15, 0.2) is 51.7 Å². The number of halogens is 1. The number of benzene rings is 2. The molecule has 1 heterocycles. The van der Waals surface area contributed by atoms with Gasteiger partial charge in [-0.25, -0.2) is 4.79 Å². The summed E-state index contributed by atoms with van der Waals surface area (Å²) in [6, 6.07) is 12.3. The van der Waals surface area contributed by atoms with Crippen LogP contribution < -0.4 is 10.2 Å². The molecule has 146 valence electrons. The van der Waals surface area contributed by atoms with E-state index in [1.165, 1.54) is 13.0 Å². The highest BCUT2D eigenvalue weighted by Gasteiger charge is 2.23. The zero-order chi connectivity index (χ0) is 20.6. The van der Waals surface area contributed by atoms with E-state index in [0.717, 1.165) is 5.56 Å². The first-order chi connectivity index (χ1) is 13.1. The van der Waals surface area contributed by atoms with Gasteiger partial charge in [0.15, 0.2) is 11.9 Å². The van der Waals surface area contributed by atoms with Crippen LogP contribution in [0.2, 0.25) is 5.02 Å². The molecule has 0 bridgehead atoms. The Morgan fingerprint density at radius 2 is 1.79 bits per heavy atom. The Hall–Kier alpha value is -2.79. The van der Waals surface area contributed by atoms with Crippen molar-refractivity contribution in [2.24, 2.45) is 0 Å². The second-order valence-corrected chi connectivity index (χ2v) is 8.09. The summed E-state index contributed by atoms with van der Waals surface area (Å²) in [7, 11) is 0. The van der Waals surface area contributed by atoms with Crippen LogP contribution in [0.1, 0.15) is 33.3 Å². The quantitative estimate of drug-likeness (QED) is 0.646. The summed E-state index contributed by atoms with van der Waals surface area (Å²) < 4.78 is 11.4. The van der Waals surface area contributed by atoms with Gasteiger partial charge in [0.25, 0.3) is 0 Å². The Morgan fingerprint density at radius 1 is 1.14 bits per heavy atom. The maximum atomic E-state index is 13.0. The van der Waals surface area contributed by atoms with E-state index in [4.69, 9.17) is 20.8 Å². The number of aliphatic carboxylic acids is 1. The molecule has 1 aromatic heterocycles. The average Bonchev–Trinajstić information content (AvgIpc) is 2.63. The molecule has 1 atom stereocenters. The first-order valence-electron chi connectivity index (χ1n) is 8.84. The van der Waals surface area contributed by atoms with Gasteiger partial charge in [0, 0.05) is 10.6 Å². The second-order valence-electron chi connectivity index (χ2n) is 7.66. The average molecular weight is 401 g/mol. The van der Waals surface area contributed by atoms with E-state index in [1.54, 1.807) is 12.1 Å². The molecule has 0 aliphatic heterocycles. The number of carbonyl (C=O) groups is 1. The summed E-state index contributed by atoms with van der Waals surface area (Å²) in [5, 5.41) is 9.81. The highest BCUT2D eigenvalue weighted by Crippen LogP contribution is 2.33. The zero-order valence-electron chi connectivity index (χ0n) is 16.1. The smallest absolute Gasteiger partial charge is 0.344 e. The van der Waals surface area contributed by atoms with Crippen molar-refractivity contribution in [2.45, 2.75) is 39.2 Å². The zero-order valence-corrected chi connectivity index (χ0v) is 16.8. The van der Waals surface area contributed by atoms with Gasteiger partial charge in [0.05, 0.1) is 5.39 Å². The predicted molar refractivity (Wildman–Crippen MR) is 109 cm³/mol. The summed E-state index contributed by atoms with van der Waals surface area (Å²) in [6.45, 7) is 7.66. The fraction of sp³-hybridized carbons (Fsp3) is 0.273. The van der Waals surface area contributed by atoms with Gasteiger partial charge in [-0.15, -0.1) is 0 Å². The van der Waals surface area contributed by atoms with E-state index < -0.39 is 17.5 Å². The summed E-state index contributed by atoms with van der Waals surface area (Å²) in [5.41, 5.74) is 1.59. The van der Waals surface area contributed by atoms with Gasteiger partial charge in [-0.2, -0.15) is 0 Å². The van der Waals surface area contributed by atoms with Crippen LogP contribution in [-0.4, -0.2) is 17.2 Å². The van der Waals surface area contributed by atoms with Crippen LogP contribution in [0.25, 0.3) is 22.3 Å². The molecule has 0 saturated heterocycles. The normalized spacial score (nSPS) is 12.8. The van der Waals surface area contributed by atoms with Gasteiger partial charge in [0.1, 0.15) is 5.58 Å². The highest BCUT2D eigenvalue weighted by molar-refractivity contribution is 6.31. The summed E-state index contributed by atoms with van der Waals surface area (Å²) in [5.74, 6) is -1.14. The predicted octanol–water partition coefficient (Wildman–Crippen LogP) is 5.26. The van der Waals surface area contributed by atoms with Crippen molar-refractivity contribution in [3.05, 3.63) is 63.3 Å². The molecule has 1 N–H and O–H groups in total. The molecule has 28 heavy (non-hydrogen) atoms. The molecule has 0 aliphatic carbocycles. The Balaban J connectivity index is 2.23. The minimum Gasteiger partial charge on any atom is -0.479 e. The first-order valence-corrected chi connectivity index (χ1v) is 9.22. The largest absolute Gasteiger partial charge is 0.479 e. The van der Waals surface area contributed by atoms with Gasteiger partial charge in [-0.1, -0.05) is 56.6 Å². The van der Waals surface area contributed by atoms with E-state index in [-0.39, 0.29) is 22.3 Å². The molecule has 0 amide bonds. The maximum absolute atomic E-state index is 13.0. The van der Waals surface area contributed by atoms with Crippen molar-refractivity contribution in [2.75, 3.05) is 0 Å². The van der Waals surface area contributed by atoms with Crippen molar-refractivity contribution in [3.8, 4) is 17.1 Å². The van der Waals surface area contributed by atoms with Gasteiger partial charge in [-0.05, 0) is 36.1 Å². The number of hydrogen-bond acceptors (Lipinski definition) is 4. The van der Waals surface area contributed by atoms with Crippen molar-refractivity contribution < 1.29 is 19.1 Å². The lowest BCUT2D eigenvalue weighted by molar-refractivity contribution is -0.144. The van der Waals surface area contributed by atoms with Gasteiger partial charge in [0.2, 0.25) is 11.2 Å². The molecule has 6 heteroatoms. The van der Waals surface area contributed by atoms with E-state index in [0.29, 0.717) is 16.2 Å². The molecule has 0 fully saturated rings. The van der Waals surface area contributed by atoms with Crippen LogP contribution in [-0.2, 0) is 10.2 Å². The fourth-order valence-corrected chi connectivity index (χ4v) is 2.97. The highest BCUT2D eigenvalue weighted by atomic mass is 35.5. The van der Waals surface area contributed by atoms with Crippen molar-refractivity contribution >= 4 is 28.5 Å². The van der Waals surface area contributed by atoms with E-state index in [2.05, 4.69) is 20.8 Å². The molecule has 0 saturated carbocycles. The minimum atomic E-state index is -1.22. The Kier molecular flexibility index (Phi) is 5.22. The summed E-state index contributed by atoms with van der Waals surface area (Å²) in [4.78, 5) is 24.3. The monoisotopic (exact) mass is 400 g/mol. The Bertz CT molecular complexity index is 1090. The maximum Gasteiger partial charge on any atom is 0.344 e. The lowest BCUT2D eigenvalue weighted by Crippen LogP contribution is -2.26. The summed E-state index contributed by atoms with van der Waals surface area (Å²) >= 11 is 6.00. The molecular formula is C22H21ClO5. The molecule has 0 spiro atoms. The summed E-state index contributed by atoms with van der Waals surface area (Å²) in [6.07, 6.45) is -1.22. The van der Waals surface area contributed by atoms with E-state index >= 15 is 0 Å². The van der Waals surface area contributed by atoms with Crippen LogP contribution in [0, 0.1) is 0 Å². The lowest BCUT2D eigenvalue weighted by Gasteiger charge is -2.19. The number of ether oxygens (including phenoxy) is 1. The third-order valence-corrected chi connectivity index (χ3v) is 4.70. The van der Waals surface area contributed by atoms with Crippen LogP contribution in [0.3, 0.4) is 0 Å². The molecule has 3 rings (SSSR count). The van der Waals surface area contributed by atoms with Crippen molar-refractivity contribution in [1.82, 2.24) is 0 Å². The second kappa shape index (κ2) is 7.32. The van der Waals surface area contributed by atoms with Gasteiger partial charge in [-0.3, -0.25) is 4.79 Å². The topological polar surface area (TPSA) is 76.7 Å². The molecule has 0 radical (unpaired) electrons. The van der Waals surface area contributed by atoms with Gasteiger partial charge < -0.3 is 14.3 Å². The van der Waals surface area contributed by atoms with E-state index in [1.807, 2.05) is 24.3 Å². The minimum absolute atomic E-state index is 0.0311. The Morgan fingerprint density at radius 3 is 2.36 bits per heavy atom. The van der Waals surface area contributed by atoms with Crippen LogP contribution in [0.5, 0.6) is 5.75 Å². The standard InChI is InChI=1S/C22H21ClO5/c1-12(21(25)26)27-20-18(24)16-11-15(23)9-10-17(16)28-19(20)13-5-7-14(8-6-13)22(2,3)4/h5-12H,1-4H3,(H,25,26)/t12-/m0/s1. The van der Waals surface area contributed by atoms with Crippen molar-refractivity contribution in [1.29, 1.82) is 0 Å². The SMILES string of the molecule is C[C@H](Oc1c(-c2ccc(C(C)(C)C)cc2)oc2ccc(Cl)cc2c1=O)C(=O)O. The first kappa shape index (κ1) is 20.0. The number of carboxylic acids is 1. The Labute approximate surface area is 167 Å². The fourth-order valence-electron chi connectivity index (χ4n) is 2.80. The molecule has 0 unspecified atom stereocenters. The molecule has 0 aliphatic rings. The van der Waals surface area contributed by atoms with Crippen LogP contribution in [0.4, 0.5) is 0 Å². The van der Waals surface area contributed by atoms with Crippen LogP contribution >= 0.6 is 11.6 Å². The third kappa shape index (κ3) is 3.90. The molecule has 2 aromatic carbocycles. The number of fused-ring (bicyclic) bond motifs is 1. The van der Waals surface area contributed by atoms with E-state index in [9.17, 15) is 14.7 Å². The molecule has 5 nitrogen and oxygen atoms in total. The van der Waals surface area contributed by atoms with Crippen molar-refractivity contribution in [3.63, 3.8) is 0 Å². The third-order valence-electron chi connectivity index (χ3n) is 4.47. The number of hydrogen-bond donors (Lipinski definition) is 1. The number of rotatable bonds is 4. The number of carboxylic acid groups (broad SMARTS) is 1. The lowest BCUT2D eigenvalue weighted by atomic mass is 9.86. The molecule has 3 aromatic rings. The van der Waals surface area contributed by atoms with Gasteiger partial charge >= 0.3 is 5.97 Å². The molecular weight excluding hydrogens is 380 g/mol.